The largest absolute Gasteiger partial charge is 0.0759 e. The number of benzene rings is 12. The van der Waals surface area contributed by atoms with E-state index in [0.29, 0.717) is 0 Å². The van der Waals surface area contributed by atoms with Gasteiger partial charge in [0.2, 0.25) is 0 Å². The minimum absolute atomic E-state index is 0.136. The summed E-state index contributed by atoms with van der Waals surface area (Å²) in [5.41, 5.74) is 27.8. The van der Waals surface area contributed by atoms with Crippen LogP contribution in [-0.4, -0.2) is 0 Å². The Morgan fingerprint density at radius 2 is 0.787 bits per heavy atom. The summed E-state index contributed by atoms with van der Waals surface area (Å²) in [5, 5.41) is 10.7. The fourth-order valence-corrected chi connectivity index (χ4v) is 13.3. The van der Waals surface area contributed by atoms with Gasteiger partial charge in [0.05, 0.1) is 0 Å². The van der Waals surface area contributed by atoms with E-state index >= 15 is 0 Å². The van der Waals surface area contributed by atoms with Crippen molar-refractivity contribution in [2.45, 2.75) is 52.9 Å². The van der Waals surface area contributed by atoms with E-state index in [-0.39, 0.29) is 10.8 Å². The van der Waals surface area contributed by atoms with E-state index in [2.05, 4.69) is 259 Å². The van der Waals surface area contributed by atoms with E-state index < -0.39 is 0 Å². The zero-order valence-electron chi connectivity index (χ0n) is 43.3. The fraction of sp³-hybridized carbons (Fsp3) is 0.120. The lowest BCUT2D eigenvalue weighted by atomic mass is 9.72. The Balaban J connectivity index is 0.656. The monoisotopic (exact) mass is 956 g/mol. The summed E-state index contributed by atoms with van der Waals surface area (Å²) in [6.07, 6.45) is 7.00. The Hall–Kier alpha value is -8.58. The predicted molar refractivity (Wildman–Crippen MR) is 322 cm³/mol. The number of hydrogen-bond acceptors (Lipinski definition) is 0. The molecular formula is C75H56. The topological polar surface area (TPSA) is 0 Å². The normalized spacial score (nSPS) is 14.4. The molecule has 0 saturated carbocycles. The Bertz CT molecular complexity index is 4380. The summed E-state index contributed by atoms with van der Waals surface area (Å²) in [6, 6.07) is 80.5. The van der Waals surface area contributed by atoms with Crippen LogP contribution in [0.2, 0.25) is 0 Å². The van der Waals surface area contributed by atoms with Gasteiger partial charge in [-0.2, -0.15) is 0 Å². The summed E-state index contributed by atoms with van der Waals surface area (Å²) in [7, 11) is 0. The molecule has 0 nitrogen and oxygen atoms in total. The average molecular weight is 957 g/mol. The SMILES string of the molecule is CC(C)(C)C1=Cc2ccc3c(-c4ccc(-c5ccc6c(c5)C(C)(C)c5cc(-c7ccc(-c8ccc(-c9ccc(-c%10ccc%11ccc%12cccc%13ccc%10c%11c%12%13)cc9)cc8)cc7)ccc5-6)cc4)ccc4c3c2C(=CC4)C1. The molecule has 12 aromatic carbocycles. The van der Waals surface area contributed by atoms with Crippen molar-refractivity contribution in [3.63, 3.8) is 0 Å². The molecule has 0 atom stereocenters. The predicted octanol–water partition coefficient (Wildman–Crippen LogP) is 20.8. The molecule has 75 heavy (non-hydrogen) atoms. The van der Waals surface area contributed by atoms with Crippen LogP contribution in [0.3, 0.4) is 0 Å². The number of rotatable bonds is 6. The molecule has 0 aliphatic heterocycles. The molecular weight excluding hydrogens is 901 g/mol. The molecule has 0 heteroatoms. The molecule has 0 saturated heterocycles. The summed E-state index contributed by atoms with van der Waals surface area (Å²) in [5.74, 6) is 0. The van der Waals surface area contributed by atoms with Gasteiger partial charge in [-0.15, -0.1) is 0 Å². The summed E-state index contributed by atoms with van der Waals surface area (Å²) >= 11 is 0. The fourth-order valence-electron chi connectivity index (χ4n) is 13.3. The second-order valence-corrected chi connectivity index (χ2v) is 23.2. The third-order valence-corrected chi connectivity index (χ3v) is 17.6. The standard InChI is InChI=1S/C75H56/c1-74(2,3)61-41-59-28-27-56-30-36-63(67-40-34-60(42-61)71(59)73(56)67)52-23-19-50(20-24-52)58-33-38-65-64-37-32-57(43-68(64)75(4,5)69(65)44-58)49-15-13-47(14-16-49)45-9-11-46(12-10-45)48-17-21-51(22-18-48)62-35-29-55-26-25-53-7-6-8-54-31-39-66(62)72(55)70(53)54/h6-26,28-40,42-44H,27,41H2,1-5H3. The molecule has 12 aromatic rings. The maximum Gasteiger partial charge on any atom is 0.0159 e. The summed E-state index contributed by atoms with van der Waals surface area (Å²) in [6.45, 7) is 11.8. The minimum atomic E-state index is -0.136. The van der Waals surface area contributed by atoms with Gasteiger partial charge in [0.1, 0.15) is 0 Å². The van der Waals surface area contributed by atoms with Gasteiger partial charge in [-0.3, -0.25) is 0 Å². The van der Waals surface area contributed by atoms with Gasteiger partial charge in [0.15, 0.2) is 0 Å². The zero-order chi connectivity index (χ0) is 50.3. The van der Waals surface area contributed by atoms with Crippen LogP contribution in [0.15, 0.2) is 224 Å². The first kappa shape index (κ1) is 44.0. The molecule has 0 heterocycles. The van der Waals surface area contributed by atoms with Crippen LogP contribution in [0.25, 0.3) is 133 Å². The molecule has 0 fully saturated rings. The maximum absolute atomic E-state index is 2.48. The van der Waals surface area contributed by atoms with Crippen molar-refractivity contribution in [1.29, 1.82) is 0 Å². The van der Waals surface area contributed by atoms with E-state index in [0.717, 1.165) is 12.8 Å². The third-order valence-electron chi connectivity index (χ3n) is 17.6. The Morgan fingerprint density at radius 1 is 0.373 bits per heavy atom. The van der Waals surface area contributed by atoms with Gasteiger partial charge >= 0.3 is 0 Å². The van der Waals surface area contributed by atoms with Gasteiger partial charge < -0.3 is 0 Å². The van der Waals surface area contributed by atoms with Gasteiger partial charge in [-0.25, -0.2) is 0 Å². The molecule has 0 unspecified atom stereocenters. The van der Waals surface area contributed by atoms with Gasteiger partial charge in [-0.1, -0.05) is 253 Å². The highest BCUT2D eigenvalue weighted by molar-refractivity contribution is 6.25. The highest BCUT2D eigenvalue weighted by atomic mass is 14.4. The van der Waals surface area contributed by atoms with Crippen molar-refractivity contribution in [2.75, 3.05) is 0 Å². The van der Waals surface area contributed by atoms with E-state index in [1.165, 1.54) is 160 Å². The van der Waals surface area contributed by atoms with Crippen molar-refractivity contribution in [3.05, 3.63) is 252 Å². The van der Waals surface area contributed by atoms with Gasteiger partial charge in [0, 0.05) is 5.41 Å². The van der Waals surface area contributed by atoms with Crippen LogP contribution in [-0.2, 0) is 11.8 Å². The van der Waals surface area contributed by atoms with Crippen LogP contribution < -0.4 is 0 Å². The lowest BCUT2D eigenvalue weighted by Crippen LogP contribution is -2.15. The van der Waals surface area contributed by atoms with Crippen LogP contribution >= 0.6 is 0 Å². The van der Waals surface area contributed by atoms with Crippen molar-refractivity contribution in [2.24, 2.45) is 5.41 Å². The van der Waals surface area contributed by atoms with Crippen LogP contribution in [0, 0.1) is 5.41 Å². The zero-order valence-corrected chi connectivity index (χ0v) is 43.3. The first-order chi connectivity index (χ1) is 36.5. The molecule has 0 spiro atoms. The van der Waals surface area contributed by atoms with Crippen LogP contribution in [0.5, 0.6) is 0 Å². The minimum Gasteiger partial charge on any atom is -0.0759 e. The van der Waals surface area contributed by atoms with Crippen molar-refractivity contribution < 1.29 is 0 Å². The number of hydrogen-bond donors (Lipinski definition) is 0. The molecule has 356 valence electrons. The maximum atomic E-state index is 2.48. The van der Waals surface area contributed by atoms with E-state index in [1.807, 2.05) is 0 Å². The molecule has 3 aliphatic carbocycles. The van der Waals surface area contributed by atoms with Crippen molar-refractivity contribution in [3.8, 4) is 77.9 Å². The van der Waals surface area contributed by atoms with Crippen molar-refractivity contribution in [1.82, 2.24) is 0 Å². The van der Waals surface area contributed by atoms with E-state index in [4.69, 9.17) is 0 Å². The lowest BCUT2D eigenvalue weighted by Gasteiger charge is -2.32. The first-order valence-electron chi connectivity index (χ1n) is 26.9. The second-order valence-electron chi connectivity index (χ2n) is 23.2. The number of fused-ring (bicyclic) bond motifs is 3. The Kier molecular flexibility index (Phi) is 9.50. The second kappa shape index (κ2) is 16.2. The van der Waals surface area contributed by atoms with Gasteiger partial charge in [-0.05, 0) is 185 Å². The Labute approximate surface area is 440 Å². The molecule has 15 rings (SSSR count). The molecule has 0 aromatic heterocycles. The van der Waals surface area contributed by atoms with Crippen LogP contribution in [0.4, 0.5) is 0 Å². The third kappa shape index (κ3) is 6.89. The molecule has 0 amide bonds. The molecule has 3 aliphatic rings. The highest BCUT2D eigenvalue weighted by Crippen LogP contribution is 2.52. The summed E-state index contributed by atoms with van der Waals surface area (Å²) in [4.78, 5) is 0. The van der Waals surface area contributed by atoms with Crippen LogP contribution in [0.1, 0.15) is 68.9 Å². The van der Waals surface area contributed by atoms with Gasteiger partial charge in [0.25, 0.3) is 0 Å². The number of allylic oxidation sites excluding steroid dienone is 3. The van der Waals surface area contributed by atoms with E-state index in [1.54, 1.807) is 0 Å². The highest BCUT2D eigenvalue weighted by Gasteiger charge is 2.36. The Morgan fingerprint density at radius 3 is 1.32 bits per heavy atom. The first-order valence-corrected chi connectivity index (χ1v) is 26.9. The average Bonchev–Trinajstić information content (AvgIpc) is 3.70. The summed E-state index contributed by atoms with van der Waals surface area (Å²) < 4.78 is 0. The lowest BCUT2D eigenvalue weighted by molar-refractivity contribution is 0.498. The molecule has 0 bridgehead atoms. The van der Waals surface area contributed by atoms with Crippen molar-refractivity contribution >= 4 is 54.7 Å². The molecule has 0 radical (unpaired) electrons. The molecule has 0 N–H and O–H groups in total. The van der Waals surface area contributed by atoms with E-state index in [9.17, 15) is 0 Å². The quantitative estimate of drug-likeness (QED) is 0.146. The smallest absolute Gasteiger partial charge is 0.0159 e.